The number of ether oxygens (including phenoxy) is 2. The number of nitrogens with two attached hydrogens (primary N) is 1. The molecule has 0 saturated carbocycles. The van der Waals surface area contributed by atoms with Gasteiger partial charge in [0, 0.05) is 29.7 Å². The molecule has 0 radical (unpaired) electrons. The van der Waals surface area contributed by atoms with Gasteiger partial charge in [0.15, 0.2) is 5.75 Å². The second-order valence-electron chi connectivity index (χ2n) is 3.78. The fraction of sp³-hybridized carbons (Fsp3) is 0.455. The third-order valence-corrected chi connectivity index (χ3v) is 2.55. The number of benzene rings is 1. The minimum absolute atomic E-state index is 0.0364. The van der Waals surface area contributed by atoms with E-state index in [0.29, 0.717) is 24.7 Å². The zero-order valence-electron chi connectivity index (χ0n) is 9.23. The second-order valence-corrected chi connectivity index (χ2v) is 3.78. The van der Waals surface area contributed by atoms with Crippen molar-refractivity contribution < 1.29 is 24.0 Å². The van der Waals surface area contributed by atoms with E-state index in [1.807, 2.05) is 0 Å². The fourth-order valence-corrected chi connectivity index (χ4v) is 1.69. The summed E-state index contributed by atoms with van der Waals surface area (Å²) in [5.74, 6) is 0.530. The molecule has 1 heterocycles. The topological polar surface area (TPSA) is 62.9 Å². The Kier molecular flexibility index (Phi) is 4.00. The molecule has 1 saturated heterocycles. The molecule has 0 spiro atoms. The number of nitrogen functional groups attached to an aromatic ring is 1. The maximum absolute atomic E-state index is 11.7. The molecule has 0 aliphatic carbocycles. The zero-order valence-corrected chi connectivity index (χ0v) is 9.23. The van der Waals surface area contributed by atoms with Gasteiger partial charge in [0.2, 0.25) is 5.75 Å². The van der Waals surface area contributed by atoms with Crippen molar-refractivity contribution in [3.8, 4) is 11.5 Å². The van der Waals surface area contributed by atoms with Crippen molar-refractivity contribution in [2.24, 2.45) is 0 Å². The quantitative estimate of drug-likeness (QED) is 0.498. The van der Waals surface area contributed by atoms with E-state index in [2.05, 4.69) is 9.98 Å². The van der Waals surface area contributed by atoms with E-state index < -0.39 is 0 Å². The van der Waals surface area contributed by atoms with Gasteiger partial charge < -0.3 is 20.1 Å². The summed E-state index contributed by atoms with van der Waals surface area (Å²) in [7, 11) is 0. The molecule has 6 heteroatoms. The molecule has 2 N–H and O–H groups in total. The number of rotatable bonds is 4. The highest BCUT2D eigenvalue weighted by Gasteiger charge is 2.18. The Morgan fingerprint density at radius 3 is 2.71 bits per heavy atom. The number of hydrogen-bond acceptors (Lipinski definition) is 5. The summed E-state index contributed by atoms with van der Waals surface area (Å²) in [5.41, 5.74) is 6.00. The SMILES string of the molecule is Nc1ccc(OC2CCOCC2)c(OOF)c1. The average molecular weight is 243 g/mol. The lowest BCUT2D eigenvalue weighted by molar-refractivity contribution is -0.368. The van der Waals surface area contributed by atoms with Crippen molar-refractivity contribution in [1.82, 2.24) is 0 Å². The van der Waals surface area contributed by atoms with Crippen molar-refractivity contribution in [2.75, 3.05) is 18.9 Å². The van der Waals surface area contributed by atoms with E-state index in [0.717, 1.165) is 12.8 Å². The van der Waals surface area contributed by atoms with E-state index in [4.69, 9.17) is 15.2 Å². The molecular weight excluding hydrogens is 229 g/mol. The van der Waals surface area contributed by atoms with E-state index in [1.54, 1.807) is 12.1 Å². The van der Waals surface area contributed by atoms with Crippen LogP contribution in [0.1, 0.15) is 12.8 Å². The Hall–Kier alpha value is -1.53. The summed E-state index contributed by atoms with van der Waals surface area (Å²) >= 11 is 0. The Morgan fingerprint density at radius 1 is 1.24 bits per heavy atom. The van der Waals surface area contributed by atoms with Gasteiger partial charge in [0.25, 0.3) is 0 Å². The van der Waals surface area contributed by atoms with Gasteiger partial charge in [0.05, 0.1) is 13.2 Å². The van der Waals surface area contributed by atoms with Gasteiger partial charge in [-0.15, -0.1) is 0 Å². The van der Waals surface area contributed by atoms with Gasteiger partial charge in [-0.2, -0.15) is 0 Å². The van der Waals surface area contributed by atoms with Crippen LogP contribution in [0.3, 0.4) is 0 Å². The summed E-state index contributed by atoms with van der Waals surface area (Å²) in [4.78, 5) is 4.36. The first-order chi connectivity index (χ1) is 8.29. The standard InChI is InChI=1S/C11H14FNO4/c12-17-16-11-7-8(13)1-2-10(11)15-9-3-5-14-6-4-9/h1-2,7,9H,3-6,13H2. The van der Waals surface area contributed by atoms with Gasteiger partial charge in [0.1, 0.15) is 6.10 Å². The highest BCUT2D eigenvalue weighted by Crippen LogP contribution is 2.31. The van der Waals surface area contributed by atoms with Gasteiger partial charge in [-0.05, 0) is 16.7 Å². The Labute approximate surface area is 98.0 Å². The van der Waals surface area contributed by atoms with Crippen molar-refractivity contribution in [1.29, 1.82) is 0 Å². The van der Waals surface area contributed by atoms with Crippen molar-refractivity contribution in [3.63, 3.8) is 0 Å². The summed E-state index contributed by atoms with van der Waals surface area (Å²) in [5, 5.41) is 3.15. The molecule has 1 aromatic rings. The van der Waals surface area contributed by atoms with Crippen LogP contribution in [0.25, 0.3) is 0 Å². The van der Waals surface area contributed by atoms with Crippen LogP contribution < -0.4 is 15.4 Å². The third kappa shape index (κ3) is 3.21. The molecule has 0 atom stereocenters. The lowest BCUT2D eigenvalue weighted by Gasteiger charge is -2.23. The van der Waals surface area contributed by atoms with Crippen LogP contribution in [-0.4, -0.2) is 19.3 Å². The van der Waals surface area contributed by atoms with E-state index in [-0.39, 0.29) is 11.9 Å². The monoisotopic (exact) mass is 243 g/mol. The van der Waals surface area contributed by atoms with Gasteiger partial charge in [-0.1, -0.05) is 0 Å². The molecule has 1 aliphatic rings. The molecule has 2 rings (SSSR count). The first-order valence-electron chi connectivity index (χ1n) is 5.39. The van der Waals surface area contributed by atoms with Crippen LogP contribution in [0, 0.1) is 0 Å². The third-order valence-electron chi connectivity index (χ3n) is 2.55. The average Bonchev–Trinajstić information content (AvgIpc) is 2.34. The molecule has 0 unspecified atom stereocenters. The first-order valence-corrected chi connectivity index (χ1v) is 5.39. The molecule has 0 bridgehead atoms. The van der Waals surface area contributed by atoms with Gasteiger partial charge >= 0.3 is 0 Å². The fourth-order valence-electron chi connectivity index (χ4n) is 1.69. The molecule has 1 fully saturated rings. The van der Waals surface area contributed by atoms with Crippen molar-refractivity contribution >= 4 is 5.69 Å². The van der Waals surface area contributed by atoms with Gasteiger partial charge in [-0.25, -0.2) is 0 Å². The molecule has 17 heavy (non-hydrogen) atoms. The number of anilines is 1. The van der Waals surface area contributed by atoms with Gasteiger partial charge in [-0.3, -0.25) is 0 Å². The minimum atomic E-state index is 0.0364. The maximum atomic E-state index is 11.7. The van der Waals surface area contributed by atoms with E-state index in [1.165, 1.54) is 6.07 Å². The Bertz CT molecular complexity index is 368. The predicted octanol–water partition coefficient (Wildman–Crippen LogP) is 2.02. The van der Waals surface area contributed by atoms with Crippen molar-refractivity contribution in [2.45, 2.75) is 18.9 Å². The van der Waals surface area contributed by atoms with Crippen LogP contribution in [0.4, 0.5) is 10.2 Å². The summed E-state index contributed by atoms with van der Waals surface area (Å²) in [6, 6.07) is 4.72. The number of hydrogen-bond donors (Lipinski definition) is 1. The highest BCUT2D eigenvalue weighted by atomic mass is 19.3. The molecule has 5 nitrogen and oxygen atoms in total. The minimum Gasteiger partial charge on any atom is -0.486 e. The Balaban J connectivity index is 2.07. The van der Waals surface area contributed by atoms with Crippen molar-refractivity contribution in [3.05, 3.63) is 18.2 Å². The van der Waals surface area contributed by atoms with Crippen LogP contribution in [0.2, 0.25) is 0 Å². The molecule has 1 aromatic carbocycles. The molecule has 0 aromatic heterocycles. The lowest BCUT2D eigenvalue weighted by Crippen LogP contribution is -2.26. The largest absolute Gasteiger partial charge is 0.486 e. The van der Waals surface area contributed by atoms with Crippen LogP contribution in [0.5, 0.6) is 11.5 Å². The number of halogens is 1. The molecule has 94 valence electrons. The Morgan fingerprint density at radius 2 is 2.00 bits per heavy atom. The molecule has 0 amide bonds. The van der Waals surface area contributed by atoms with Crippen LogP contribution in [0.15, 0.2) is 18.2 Å². The smallest absolute Gasteiger partial charge is 0.212 e. The predicted molar refractivity (Wildman–Crippen MR) is 58.1 cm³/mol. The summed E-state index contributed by atoms with van der Waals surface area (Å²) < 4.78 is 22.6. The van der Waals surface area contributed by atoms with E-state index >= 15 is 0 Å². The first kappa shape index (κ1) is 11.9. The van der Waals surface area contributed by atoms with Crippen LogP contribution >= 0.6 is 0 Å². The lowest BCUT2D eigenvalue weighted by atomic mass is 10.1. The summed E-state index contributed by atoms with van der Waals surface area (Å²) in [6.07, 6.45) is 1.62. The molecular formula is C11H14FNO4. The summed E-state index contributed by atoms with van der Waals surface area (Å²) in [6.45, 7) is 1.32. The zero-order chi connectivity index (χ0) is 12.1. The normalized spacial score (nSPS) is 16.8. The highest BCUT2D eigenvalue weighted by molar-refractivity contribution is 5.51. The van der Waals surface area contributed by atoms with Crippen LogP contribution in [-0.2, 0) is 9.83 Å². The second kappa shape index (κ2) is 5.70. The maximum Gasteiger partial charge on any atom is 0.212 e. The van der Waals surface area contributed by atoms with E-state index in [9.17, 15) is 4.53 Å². The molecule has 1 aliphatic heterocycles.